The minimum absolute atomic E-state index is 0.0535. The van der Waals surface area contributed by atoms with E-state index < -0.39 is 12.1 Å². The second-order valence-corrected chi connectivity index (χ2v) is 6.21. The number of nitrogens with zero attached hydrogens (tertiary/aromatic N) is 2. The van der Waals surface area contributed by atoms with Gasteiger partial charge in [-0.15, -0.1) is 0 Å². The second kappa shape index (κ2) is 7.22. The number of carbonyl (C=O) groups excluding carboxylic acids is 2. The molecule has 2 rings (SSSR count). The number of likely N-dealkylation sites (tertiary alicyclic amines) is 1. The summed E-state index contributed by atoms with van der Waals surface area (Å²) in [5.41, 5.74) is 11.3. The molecule has 2 aliphatic rings. The Morgan fingerprint density at radius 3 is 2.57 bits per heavy atom. The van der Waals surface area contributed by atoms with Crippen LogP contribution in [0.25, 0.3) is 0 Å². The van der Waals surface area contributed by atoms with E-state index in [4.69, 9.17) is 11.5 Å². The molecule has 6 heteroatoms. The fourth-order valence-electron chi connectivity index (χ4n) is 3.43. The summed E-state index contributed by atoms with van der Waals surface area (Å²) in [7, 11) is 0. The van der Waals surface area contributed by atoms with Gasteiger partial charge >= 0.3 is 0 Å². The average Bonchev–Trinajstić information content (AvgIpc) is 3.10. The Balaban J connectivity index is 2.04. The highest BCUT2D eigenvalue weighted by Gasteiger charge is 2.38. The average molecular weight is 296 g/mol. The van der Waals surface area contributed by atoms with Crippen molar-refractivity contribution >= 4 is 11.8 Å². The summed E-state index contributed by atoms with van der Waals surface area (Å²) in [6.07, 6.45) is 5.94. The van der Waals surface area contributed by atoms with Crippen LogP contribution in [0.1, 0.15) is 45.4 Å². The lowest BCUT2D eigenvalue weighted by Crippen LogP contribution is -2.52. The predicted molar refractivity (Wildman–Crippen MR) is 81.4 cm³/mol. The first kappa shape index (κ1) is 16.2. The van der Waals surface area contributed by atoms with E-state index in [0.717, 1.165) is 19.3 Å². The highest BCUT2D eigenvalue weighted by atomic mass is 16.2. The number of rotatable bonds is 6. The monoisotopic (exact) mass is 296 g/mol. The molecule has 1 aliphatic carbocycles. The van der Waals surface area contributed by atoms with Gasteiger partial charge in [0.25, 0.3) is 0 Å². The van der Waals surface area contributed by atoms with Crippen LogP contribution in [0.4, 0.5) is 0 Å². The zero-order valence-corrected chi connectivity index (χ0v) is 13.0. The summed E-state index contributed by atoms with van der Waals surface area (Å²) in [5, 5.41) is 0. The Morgan fingerprint density at radius 1 is 1.38 bits per heavy atom. The Kier molecular flexibility index (Phi) is 5.58. The van der Waals surface area contributed by atoms with Crippen LogP contribution < -0.4 is 11.5 Å². The first-order valence-electron chi connectivity index (χ1n) is 8.13. The molecule has 2 amide bonds. The molecule has 1 heterocycles. The lowest BCUT2D eigenvalue weighted by Gasteiger charge is -2.34. The highest BCUT2D eigenvalue weighted by molar-refractivity contribution is 5.91. The van der Waals surface area contributed by atoms with Crippen molar-refractivity contribution in [3.8, 4) is 0 Å². The molecule has 0 aromatic carbocycles. The van der Waals surface area contributed by atoms with Crippen LogP contribution in [-0.2, 0) is 9.59 Å². The zero-order valence-electron chi connectivity index (χ0n) is 13.0. The van der Waals surface area contributed by atoms with Gasteiger partial charge in [0.2, 0.25) is 11.8 Å². The normalized spacial score (nSPS) is 24.6. The summed E-state index contributed by atoms with van der Waals surface area (Å²) in [6, 6.07) is -0.536. The molecule has 2 atom stereocenters. The molecule has 1 saturated heterocycles. The lowest BCUT2D eigenvalue weighted by atomic mass is 10.1. The summed E-state index contributed by atoms with van der Waals surface area (Å²) < 4.78 is 0. The maximum Gasteiger partial charge on any atom is 0.245 e. The first-order chi connectivity index (χ1) is 10.1. The van der Waals surface area contributed by atoms with Crippen molar-refractivity contribution in [2.75, 3.05) is 19.6 Å². The summed E-state index contributed by atoms with van der Waals surface area (Å²) in [4.78, 5) is 28.4. The van der Waals surface area contributed by atoms with E-state index in [2.05, 4.69) is 0 Å². The molecule has 0 spiro atoms. The number of hydrogen-bond donors (Lipinski definition) is 2. The van der Waals surface area contributed by atoms with E-state index in [-0.39, 0.29) is 11.8 Å². The van der Waals surface area contributed by atoms with Crippen LogP contribution in [0.15, 0.2) is 0 Å². The van der Waals surface area contributed by atoms with E-state index >= 15 is 0 Å². The van der Waals surface area contributed by atoms with Crippen molar-refractivity contribution in [3.05, 3.63) is 0 Å². The number of nitrogens with two attached hydrogens (primary N) is 2. The quantitative estimate of drug-likeness (QED) is 0.724. The van der Waals surface area contributed by atoms with Crippen LogP contribution in [-0.4, -0.2) is 59.4 Å². The van der Waals surface area contributed by atoms with Crippen molar-refractivity contribution in [1.29, 1.82) is 0 Å². The van der Waals surface area contributed by atoms with E-state index in [1.54, 1.807) is 4.90 Å². The Bertz CT molecular complexity index is 382. The van der Waals surface area contributed by atoms with Crippen molar-refractivity contribution < 1.29 is 9.59 Å². The van der Waals surface area contributed by atoms with E-state index in [1.165, 1.54) is 12.8 Å². The van der Waals surface area contributed by atoms with Crippen LogP contribution in [0, 0.1) is 0 Å². The molecular weight excluding hydrogens is 268 g/mol. The summed E-state index contributed by atoms with van der Waals surface area (Å²) >= 11 is 0. The molecule has 0 radical (unpaired) electrons. The molecule has 1 aliphatic heterocycles. The van der Waals surface area contributed by atoms with Crippen molar-refractivity contribution in [2.24, 2.45) is 11.5 Å². The smallest absolute Gasteiger partial charge is 0.245 e. The molecule has 0 aromatic heterocycles. The van der Waals surface area contributed by atoms with Gasteiger partial charge in [0, 0.05) is 19.1 Å². The maximum atomic E-state index is 12.8. The molecule has 21 heavy (non-hydrogen) atoms. The van der Waals surface area contributed by atoms with Gasteiger partial charge in [0.05, 0.1) is 6.04 Å². The molecular formula is C15H28N4O2. The topological polar surface area (TPSA) is 92.7 Å². The standard InChI is InChI=1S/C15H28N4O2/c1-11(18-10-7-13(17)15(18)21)14(20)19(9-4-8-16)12-5-2-3-6-12/h11-13H,2-10,16-17H2,1H3/t11-,13-/m0/s1. The number of carbonyl (C=O) groups is 2. The third-order valence-electron chi connectivity index (χ3n) is 4.76. The number of hydrogen-bond acceptors (Lipinski definition) is 4. The Labute approximate surface area is 126 Å². The van der Waals surface area contributed by atoms with Gasteiger partial charge in [-0.25, -0.2) is 0 Å². The third-order valence-corrected chi connectivity index (χ3v) is 4.76. The van der Waals surface area contributed by atoms with Crippen molar-refractivity contribution in [1.82, 2.24) is 9.80 Å². The van der Waals surface area contributed by atoms with E-state index in [0.29, 0.717) is 32.1 Å². The summed E-state index contributed by atoms with van der Waals surface area (Å²) in [6.45, 7) is 3.68. The molecule has 0 aromatic rings. The minimum Gasteiger partial charge on any atom is -0.338 e. The second-order valence-electron chi connectivity index (χ2n) is 6.21. The van der Waals surface area contributed by atoms with Gasteiger partial charge in [0.15, 0.2) is 0 Å². The van der Waals surface area contributed by atoms with Crippen molar-refractivity contribution in [3.63, 3.8) is 0 Å². The van der Waals surface area contributed by atoms with Gasteiger partial charge in [-0.3, -0.25) is 9.59 Å². The van der Waals surface area contributed by atoms with Gasteiger partial charge in [-0.2, -0.15) is 0 Å². The molecule has 0 bridgehead atoms. The van der Waals surface area contributed by atoms with Crippen LogP contribution in [0.3, 0.4) is 0 Å². The van der Waals surface area contributed by atoms with E-state index in [9.17, 15) is 9.59 Å². The Morgan fingerprint density at radius 2 is 2.05 bits per heavy atom. The first-order valence-corrected chi connectivity index (χ1v) is 8.13. The molecule has 4 N–H and O–H groups in total. The number of amides is 2. The fourth-order valence-corrected chi connectivity index (χ4v) is 3.43. The molecule has 1 saturated carbocycles. The Hall–Kier alpha value is -1.14. The van der Waals surface area contributed by atoms with Crippen LogP contribution >= 0.6 is 0 Å². The lowest BCUT2D eigenvalue weighted by molar-refractivity contribution is -0.144. The molecule has 2 fully saturated rings. The van der Waals surface area contributed by atoms with Gasteiger partial charge < -0.3 is 21.3 Å². The van der Waals surface area contributed by atoms with Crippen LogP contribution in [0.2, 0.25) is 0 Å². The molecule has 120 valence electrons. The largest absolute Gasteiger partial charge is 0.338 e. The highest BCUT2D eigenvalue weighted by Crippen LogP contribution is 2.25. The molecule has 6 nitrogen and oxygen atoms in total. The van der Waals surface area contributed by atoms with Gasteiger partial charge in [-0.05, 0) is 39.2 Å². The minimum atomic E-state index is -0.441. The maximum absolute atomic E-state index is 12.8. The van der Waals surface area contributed by atoms with Crippen molar-refractivity contribution in [2.45, 2.75) is 63.6 Å². The van der Waals surface area contributed by atoms with E-state index in [1.807, 2.05) is 11.8 Å². The summed E-state index contributed by atoms with van der Waals surface area (Å²) in [5.74, 6) is -0.0427. The SMILES string of the molecule is C[C@@H](C(=O)N(CCCN)C1CCCC1)N1CC[C@H](N)C1=O. The third kappa shape index (κ3) is 3.55. The predicted octanol–water partition coefficient (Wildman–Crippen LogP) is 0.0545. The zero-order chi connectivity index (χ0) is 15.4. The van der Waals surface area contributed by atoms with Gasteiger partial charge in [-0.1, -0.05) is 12.8 Å². The molecule has 0 unspecified atom stereocenters. The fraction of sp³-hybridized carbons (Fsp3) is 0.867. The van der Waals surface area contributed by atoms with Crippen LogP contribution in [0.5, 0.6) is 0 Å². The van der Waals surface area contributed by atoms with Gasteiger partial charge in [0.1, 0.15) is 6.04 Å².